The van der Waals surface area contributed by atoms with Gasteiger partial charge < -0.3 is 10.1 Å². The minimum atomic E-state index is -0.397. The van der Waals surface area contributed by atoms with E-state index >= 15 is 0 Å². The molecule has 1 atom stereocenters. The fourth-order valence-electron chi connectivity index (χ4n) is 2.80. The fourth-order valence-corrected chi connectivity index (χ4v) is 2.80. The molecule has 0 saturated heterocycles. The average molecular weight is 302 g/mol. The van der Waals surface area contributed by atoms with E-state index in [1.54, 1.807) is 10.9 Å². The summed E-state index contributed by atoms with van der Waals surface area (Å²) in [6.07, 6.45) is 3.24. The van der Waals surface area contributed by atoms with Crippen molar-refractivity contribution in [3.05, 3.63) is 35.1 Å². The lowest BCUT2D eigenvalue weighted by atomic mass is 9.96. The van der Waals surface area contributed by atoms with Crippen LogP contribution in [0.3, 0.4) is 0 Å². The van der Waals surface area contributed by atoms with Gasteiger partial charge in [0.2, 0.25) is 5.95 Å². The topological polar surface area (TPSA) is 86.9 Å². The first-order valence-corrected chi connectivity index (χ1v) is 7.06. The molecule has 0 spiro atoms. The Morgan fingerprint density at radius 3 is 2.82 bits per heavy atom. The zero-order chi connectivity index (χ0) is 15.9. The van der Waals surface area contributed by atoms with Crippen LogP contribution in [0.15, 0.2) is 23.8 Å². The summed E-state index contributed by atoms with van der Waals surface area (Å²) in [5.74, 6) is 0.207. The molecule has 0 saturated carbocycles. The standard InChI is InChI=1S/C14H18N6O2/c1-5-19-9(3)10(6-16-19)12-11(13(21)22-4)8(2)18-14-15-7-17-20(12)14/h6-7,12H,5H2,1-4H3,(H,15,17,18)/t12-/m1/s1. The van der Waals surface area contributed by atoms with Crippen molar-refractivity contribution >= 4 is 11.9 Å². The van der Waals surface area contributed by atoms with Gasteiger partial charge in [0, 0.05) is 23.5 Å². The Bertz CT molecular complexity index is 757. The number of nitrogens with zero attached hydrogens (tertiary/aromatic N) is 5. The fraction of sp³-hybridized carbons (Fsp3) is 0.429. The van der Waals surface area contributed by atoms with Crippen molar-refractivity contribution in [1.29, 1.82) is 0 Å². The molecular formula is C14H18N6O2. The molecule has 2 aromatic heterocycles. The van der Waals surface area contributed by atoms with Gasteiger partial charge in [-0.15, -0.1) is 0 Å². The molecule has 0 unspecified atom stereocenters. The smallest absolute Gasteiger partial charge is 0.338 e. The van der Waals surface area contributed by atoms with Gasteiger partial charge in [-0.2, -0.15) is 15.2 Å². The molecule has 2 aromatic rings. The second kappa shape index (κ2) is 5.28. The van der Waals surface area contributed by atoms with Gasteiger partial charge in [-0.25, -0.2) is 9.48 Å². The number of hydrogen-bond acceptors (Lipinski definition) is 6. The first kappa shape index (κ1) is 14.3. The largest absolute Gasteiger partial charge is 0.466 e. The molecule has 0 bridgehead atoms. The third kappa shape index (κ3) is 1.99. The normalized spacial score (nSPS) is 17.2. The Kier molecular flexibility index (Phi) is 3.44. The van der Waals surface area contributed by atoms with Gasteiger partial charge in [-0.1, -0.05) is 0 Å². The van der Waals surface area contributed by atoms with Crippen molar-refractivity contribution < 1.29 is 9.53 Å². The summed E-state index contributed by atoms with van der Waals surface area (Å²) in [5, 5.41) is 11.7. The number of ether oxygens (including phenoxy) is 1. The van der Waals surface area contributed by atoms with Gasteiger partial charge in [0.1, 0.15) is 12.4 Å². The third-order valence-electron chi connectivity index (χ3n) is 3.93. The zero-order valence-corrected chi connectivity index (χ0v) is 13.0. The molecule has 8 heteroatoms. The molecule has 1 N–H and O–H groups in total. The Labute approximate surface area is 127 Å². The summed E-state index contributed by atoms with van der Waals surface area (Å²) in [4.78, 5) is 16.5. The van der Waals surface area contributed by atoms with Gasteiger partial charge in [0.05, 0.1) is 18.9 Å². The minimum Gasteiger partial charge on any atom is -0.466 e. The average Bonchev–Trinajstić information content (AvgIpc) is 3.11. The highest BCUT2D eigenvalue weighted by Crippen LogP contribution is 2.36. The van der Waals surface area contributed by atoms with Crippen LogP contribution < -0.4 is 5.32 Å². The van der Waals surface area contributed by atoms with Crippen LogP contribution in [0.25, 0.3) is 0 Å². The van der Waals surface area contributed by atoms with Crippen LogP contribution in [-0.2, 0) is 16.1 Å². The van der Waals surface area contributed by atoms with Crippen molar-refractivity contribution in [2.75, 3.05) is 12.4 Å². The molecule has 1 aliphatic heterocycles. The van der Waals surface area contributed by atoms with Crippen molar-refractivity contribution in [1.82, 2.24) is 24.5 Å². The van der Waals surface area contributed by atoms with Crippen LogP contribution >= 0.6 is 0 Å². The molecule has 0 aromatic carbocycles. The van der Waals surface area contributed by atoms with Crippen LogP contribution in [0.4, 0.5) is 5.95 Å². The van der Waals surface area contributed by atoms with E-state index in [9.17, 15) is 4.79 Å². The number of anilines is 1. The van der Waals surface area contributed by atoms with Crippen LogP contribution in [0, 0.1) is 6.92 Å². The highest BCUT2D eigenvalue weighted by atomic mass is 16.5. The zero-order valence-electron chi connectivity index (χ0n) is 13.0. The van der Waals surface area contributed by atoms with E-state index in [1.807, 2.05) is 25.5 Å². The van der Waals surface area contributed by atoms with Crippen molar-refractivity contribution in [2.24, 2.45) is 0 Å². The van der Waals surface area contributed by atoms with E-state index in [-0.39, 0.29) is 5.97 Å². The molecular weight excluding hydrogens is 284 g/mol. The second-order valence-corrected chi connectivity index (χ2v) is 5.09. The monoisotopic (exact) mass is 302 g/mol. The van der Waals surface area contributed by atoms with Crippen LogP contribution in [-0.4, -0.2) is 37.6 Å². The van der Waals surface area contributed by atoms with E-state index < -0.39 is 6.04 Å². The highest BCUT2D eigenvalue weighted by Gasteiger charge is 2.35. The maximum atomic E-state index is 12.3. The van der Waals surface area contributed by atoms with E-state index in [0.29, 0.717) is 17.2 Å². The molecule has 3 rings (SSSR count). The molecule has 3 heterocycles. The number of hydrogen-bond donors (Lipinski definition) is 1. The SMILES string of the molecule is CCn1ncc([C@@H]2C(C(=O)OC)=C(C)Nc3ncnn32)c1C. The molecule has 0 amide bonds. The number of nitrogens with one attached hydrogen (secondary N) is 1. The number of rotatable bonds is 3. The van der Waals surface area contributed by atoms with Crippen molar-refractivity contribution in [2.45, 2.75) is 33.4 Å². The van der Waals surface area contributed by atoms with Crippen molar-refractivity contribution in [3.63, 3.8) is 0 Å². The van der Waals surface area contributed by atoms with Gasteiger partial charge >= 0.3 is 5.97 Å². The number of allylic oxidation sites excluding steroid dienone is 1. The number of esters is 1. The lowest BCUT2D eigenvalue weighted by Gasteiger charge is -2.27. The predicted molar refractivity (Wildman–Crippen MR) is 79.1 cm³/mol. The maximum absolute atomic E-state index is 12.3. The summed E-state index contributed by atoms with van der Waals surface area (Å²) in [7, 11) is 1.37. The Morgan fingerprint density at radius 1 is 1.41 bits per heavy atom. The summed E-state index contributed by atoms with van der Waals surface area (Å²) < 4.78 is 8.52. The molecule has 0 fully saturated rings. The number of aromatic nitrogens is 5. The van der Waals surface area contributed by atoms with Crippen LogP contribution in [0.2, 0.25) is 0 Å². The molecule has 8 nitrogen and oxygen atoms in total. The Morgan fingerprint density at radius 2 is 2.18 bits per heavy atom. The summed E-state index contributed by atoms with van der Waals surface area (Å²) in [5.41, 5.74) is 3.13. The van der Waals surface area contributed by atoms with E-state index in [1.165, 1.54) is 13.4 Å². The first-order valence-electron chi connectivity index (χ1n) is 7.06. The van der Waals surface area contributed by atoms with E-state index in [0.717, 1.165) is 17.8 Å². The number of aryl methyl sites for hydroxylation is 1. The number of fused-ring (bicyclic) bond motifs is 1. The predicted octanol–water partition coefficient (Wildman–Crippen LogP) is 1.26. The Hall–Kier alpha value is -2.64. The lowest BCUT2D eigenvalue weighted by molar-refractivity contribution is -0.136. The van der Waals surface area contributed by atoms with Gasteiger partial charge in [0.25, 0.3) is 0 Å². The number of methoxy groups -OCH3 is 1. The lowest BCUT2D eigenvalue weighted by Crippen LogP contribution is -2.29. The van der Waals surface area contributed by atoms with Crippen LogP contribution in [0.1, 0.15) is 31.1 Å². The minimum absolute atomic E-state index is 0.389. The molecule has 116 valence electrons. The quantitative estimate of drug-likeness (QED) is 0.859. The third-order valence-corrected chi connectivity index (χ3v) is 3.93. The van der Waals surface area contributed by atoms with Crippen LogP contribution in [0.5, 0.6) is 0 Å². The second-order valence-electron chi connectivity index (χ2n) is 5.09. The highest BCUT2D eigenvalue weighted by molar-refractivity contribution is 5.92. The van der Waals surface area contributed by atoms with E-state index in [2.05, 4.69) is 20.5 Å². The Balaban J connectivity index is 2.20. The molecule has 22 heavy (non-hydrogen) atoms. The first-order chi connectivity index (χ1) is 10.6. The maximum Gasteiger partial charge on any atom is 0.338 e. The summed E-state index contributed by atoms with van der Waals surface area (Å²) >= 11 is 0. The van der Waals surface area contributed by atoms with E-state index in [4.69, 9.17) is 4.74 Å². The molecule has 0 radical (unpaired) electrons. The van der Waals surface area contributed by atoms with Gasteiger partial charge in [0.15, 0.2) is 0 Å². The number of carbonyl (C=O) groups is 1. The van der Waals surface area contributed by atoms with Gasteiger partial charge in [-0.05, 0) is 20.8 Å². The van der Waals surface area contributed by atoms with Crippen molar-refractivity contribution in [3.8, 4) is 0 Å². The summed E-state index contributed by atoms with van der Waals surface area (Å²) in [6, 6.07) is -0.397. The number of carbonyl (C=O) groups excluding carboxylic acids is 1. The molecule has 1 aliphatic rings. The summed E-state index contributed by atoms with van der Waals surface area (Å²) in [6.45, 7) is 6.60. The van der Waals surface area contributed by atoms with Gasteiger partial charge in [-0.3, -0.25) is 4.68 Å². The molecule has 0 aliphatic carbocycles.